The molecule has 3 rings (SSSR count). The molecule has 1 heterocycles. The maximum absolute atomic E-state index is 13.9. The van der Waals surface area contributed by atoms with E-state index in [0.29, 0.717) is 28.5 Å². The molecule has 1 amide bonds. The standard InChI is InChI=1S/C19H16ClFN2O2S/c1-23(9-16-17(20)3-2-4-18(16)21)19(24)13-5-7-15(8-6-13)25-10-14-11-26-12-22-14/h2-8,11-12H,9-10H2,1H3. The maximum atomic E-state index is 13.9. The first-order valence-corrected chi connectivity index (χ1v) is 9.15. The number of benzene rings is 2. The van der Waals surface area contributed by atoms with E-state index in [0.717, 1.165) is 5.69 Å². The molecule has 0 saturated heterocycles. The summed E-state index contributed by atoms with van der Waals surface area (Å²) in [6, 6.07) is 11.3. The number of nitrogens with zero attached hydrogens (tertiary/aromatic N) is 2. The van der Waals surface area contributed by atoms with Crippen LogP contribution in [0.15, 0.2) is 53.4 Å². The highest BCUT2D eigenvalue weighted by Gasteiger charge is 2.16. The molecule has 0 radical (unpaired) electrons. The summed E-state index contributed by atoms with van der Waals surface area (Å²) < 4.78 is 19.5. The summed E-state index contributed by atoms with van der Waals surface area (Å²) in [4.78, 5) is 18.1. The number of hydrogen-bond acceptors (Lipinski definition) is 4. The highest BCUT2D eigenvalue weighted by molar-refractivity contribution is 7.07. The van der Waals surface area contributed by atoms with E-state index in [1.807, 2.05) is 5.38 Å². The highest BCUT2D eigenvalue weighted by Crippen LogP contribution is 2.21. The predicted molar refractivity (Wildman–Crippen MR) is 100 cm³/mol. The molecular weight excluding hydrogens is 375 g/mol. The van der Waals surface area contributed by atoms with Gasteiger partial charge < -0.3 is 9.64 Å². The van der Waals surface area contributed by atoms with Crippen LogP contribution in [-0.2, 0) is 13.2 Å². The van der Waals surface area contributed by atoms with Crippen LogP contribution in [0.3, 0.4) is 0 Å². The Morgan fingerprint density at radius 3 is 2.69 bits per heavy atom. The Bertz CT molecular complexity index is 865. The fourth-order valence-electron chi connectivity index (χ4n) is 2.37. The Hall–Kier alpha value is -2.44. The molecule has 0 saturated carbocycles. The number of carbonyl (C=O) groups excluding carboxylic acids is 1. The molecule has 2 aromatic carbocycles. The predicted octanol–water partition coefficient (Wildman–Crippen LogP) is 4.79. The Balaban J connectivity index is 1.63. The van der Waals surface area contributed by atoms with Crippen LogP contribution in [-0.4, -0.2) is 22.8 Å². The molecule has 0 fully saturated rings. The third-order valence-electron chi connectivity index (χ3n) is 3.78. The Morgan fingerprint density at radius 2 is 2.04 bits per heavy atom. The van der Waals surface area contributed by atoms with Gasteiger partial charge in [-0.1, -0.05) is 17.7 Å². The van der Waals surface area contributed by atoms with Gasteiger partial charge in [0.15, 0.2) is 0 Å². The van der Waals surface area contributed by atoms with Gasteiger partial charge in [0.25, 0.3) is 5.91 Å². The number of hydrogen-bond donors (Lipinski definition) is 0. The van der Waals surface area contributed by atoms with Crippen molar-refractivity contribution in [2.45, 2.75) is 13.2 Å². The van der Waals surface area contributed by atoms with Crippen molar-refractivity contribution < 1.29 is 13.9 Å². The summed E-state index contributed by atoms with van der Waals surface area (Å²) in [7, 11) is 1.61. The zero-order chi connectivity index (χ0) is 18.5. The smallest absolute Gasteiger partial charge is 0.253 e. The minimum absolute atomic E-state index is 0.0897. The van der Waals surface area contributed by atoms with Gasteiger partial charge in [0.1, 0.15) is 18.2 Å². The summed E-state index contributed by atoms with van der Waals surface area (Å²) >= 11 is 7.53. The van der Waals surface area contributed by atoms with Crippen LogP contribution >= 0.6 is 22.9 Å². The lowest BCUT2D eigenvalue weighted by Crippen LogP contribution is -2.26. The summed E-state index contributed by atoms with van der Waals surface area (Å²) in [5.74, 6) is -0.00680. The number of halogens is 2. The first-order chi connectivity index (χ1) is 12.5. The van der Waals surface area contributed by atoms with E-state index in [1.165, 1.54) is 28.4 Å². The maximum Gasteiger partial charge on any atom is 0.253 e. The molecule has 1 aromatic heterocycles. The number of carbonyl (C=O) groups is 1. The van der Waals surface area contributed by atoms with Gasteiger partial charge in [0.05, 0.1) is 11.2 Å². The first-order valence-electron chi connectivity index (χ1n) is 7.83. The Labute approximate surface area is 159 Å². The van der Waals surface area contributed by atoms with Gasteiger partial charge in [-0.3, -0.25) is 4.79 Å². The summed E-state index contributed by atoms with van der Waals surface area (Å²) in [6.45, 7) is 0.467. The summed E-state index contributed by atoms with van der Waals surface area (Å²) in [5, 5.41) is 2.22. The van der Waals surface area contributed by atoms with Gasteiger partial charge in [0.2, 0.25) is 0 Å². The molecule has 0 bridgehead atoms. The summed E-state index contributed by atoms with van der Waals surface area (Å²) in [5.41, 5.74) is 3.39. The molecule has 0 atom stereocenters. The largest absolute Gasteiger partial charge is 0.487 e. The van der Waals surface area contributed by atoms with Gasteiger partial charge in [-0.2, -0.15) is 0 Å². The third-order valence-corrected chi connectivity index (χ3v) is 4.76. The number of amides is 1. The molecule has 0 spiro atoms. The molecule has 0 aliphatic rings. The van der Waals surface area contributed by atoms with Gasteiger partial charge in [-0.05, 0) is 36.4 Å². The van der Waals surface area contributed by atoms with Crippen molar-refractivity contribution in [3.8, 4) is 5.75 Å². The van der Waals surface area contributed by atoms with E-state index in [1.54, 1.807) is 42.9 Å². The average molecular weight is 391 g/mol. The first kappa shape index (κ1) is 18.4. The summed E-state index contributed by atoms with van der Waals surface area (Å²) in [6.07, 6.45) is 0. The second-order valence-corrected chi connectivity index (χ2v) is 6.78. The quantitative estimate of drug-likeness (QED) is 0.608. The van der Waals surface area contributed by atoms with Crippen LogP contribution in [0.2, 0.25) is 5.02 Å². The minimum Gasteiger partial charge on any atom is -0.487 e. The third kappa shape index (κ3) is 4.39. The van der Waals surface area contributed by atoms with E-state index >= 15 is 0 Å². The number of aromatic nitrogens is 1. The topological polar surface area (TPSA) is 42.4 Å². The van der Waals surface area contributed by atoms with E-state index in [-0.39, 0.29) is 12.5 Å². The van der Waals surface area contributed by atoms with Crippen LogP contribution in [0, 0.1) is 5.82 Å². The van der Waals surface area contributed by atoms with Gasteiger partial charge in [-0.25, -0.2) is 9.37 Å². The molecule has 4 nitrogen and oxygen atoms in total. The molecule has 134 valence electrons. The van der Waals surface area contributed by atoms with Crippen molar-refractivity contribution in [2.75, 3.05) is 7.05 Å². The SMILES string of the molecule is CN(Cc1c(F)cccc1Cl)C(=O)c1ccc(OCc2cscn2)cc1. The van der Waals surface area contributed by atoms with E-state index < -0.39 is 5.82 Å². The second-order valence-electron chi connectivity index (χ2n) is 5.65. The molecule has 26 heavy (non-hydrogen) atoms. The lowest BCUT2D eigenvalue weighted by molar-refractivity contribution is 0.0784. The van der Waals surface area contributed by atoms with Crippen molar-refractivity contribution in [2.24, 2.45) is 0 Å². The van der Waals surface area contributed by atoms with Crippen molar-refractivity contribution in [3.63, 3.8) is 0 Å². The highest BCUT2D eigenvalue weighted by atomic mass is 35.5. The van der Waals surface area contributed by atoms with E-state index in [2.05, 4.69) is 4.98 Å². The molecule has 0 aliphatic carbocycles. The van der Waals surface area contributed by atoms with Gasteiger partial charge in [-0.15, -0.1) is 11.3 Å². The van der Waals surface area contributed by atoms with Crippen molar-refractivity contribution in [3.05, 3.63) is 81.0 Å². The number of thiazole rings is 1. The minimum atomic E-state index is -0.428. The molecule has 0 aliphatic heterocycles. The van der Waals surface area contributed by atoms with Crippen LogP contribution < -0.4 is 4.74 Å². The normalized spacial score (nSPS) is 10.6. The second kappa shape index (κ2) is 8.29. The molecule has 7 heteroatoms. The van der Waals surface area contributed by atoms with Gasteiger partial charge >= 0.3 is 0 Å². The molecule has 0 unspecified atom stereocenters. The van der Waals surface area contributed by atoms with Crippen molar-refractivity contribution in [1.82, 2.24) is 9.88 Å². The lowest BCUT2D eigenvalue weighted by Gasteiger charge is -2.18. The zero-order valence-corrected chi connectivity index (χ0v) is 15.6. The zero-order valence-electron chi connectivity index (χ0n) is 14.0. The van der Waals surface area contributed by atoms with Crippen molar-refractivity contribution >= 4 is 28.8 Å². The number of ether oxygens (including phenoxy) is 1. The van der Waals surface area contributed by atoms with Gasteiger partial charge in [0, 0.05) is 35.1 Å². The molecular formula is C19H16ClFN2O2S. The monoisotopic (exact) mass is 390 g/mol. The fraction of sp³-hybridized carbons (Fsp3) is 0.158. The van der Waals surface area contributed by atoms with E-state index in [4.69, 9.17) is 16.3 Å². The molecule has 0 N–H and O–H groups in total. The average Bonchev–Trinajstić information content (AvgIpc) is 3.16. The van der Waals surface area contributed by atoms with Crippen LogP contribution in [0.5, 0.6) is 5.75 Å². The fourth-order valence-corrected chi connectivity index (χ4v) is 3.14. The Kier molecular flexibility index (Phi) is 5.85. The Morgan fingerprint density at radius 1 is 1.27 bits per heavy atom. The van der Waals surface area contributed by atoms with E-state index in [9.17, 15) is 9.18 Å². The lowest BCUT2D eigenvalue weighted by atomic mass is 10.1. The molecule has 3 aromatic rings. The number of rotatable bonds is 6. The van der Waals surface area contributed by atoms with Crippen LogP contribution in [0.4, 0.5) is 4.39 Å². The van der Waals surface area contributed by atoms with Crippen LogP contribution in [0.25, 0.3) is 0 Å². The van der Waals surface area contributed by atoms with Crippen molar-refractivity contribution in [1.29, 1.82) is 0 Å². The van der Waals surface area contributed by atoms with Crippen LogP contribution in [0.1, 0.15) is 21.6 Å².